The Morgan fingerprint density at radius 1 is 1.23 bits per heavy atom. The van der Waals surface area contributed by atoms with E-state index in [2.05, 4.69) is 10.3 Å². The van der Waals surface area contributed by atoms with Gasteiger partial charge in [-0.15, -0.1) is 0 Å². The molecular weight excluding hydrogens is 404 g/mol. The summed E-state index contributed by atoms with van der Waals surface area (Å²) in [4.78, 5) is 29.3. The molecule has 0 radical (unpaired) electrons. The maximum Gasteiger partial charge on any atom is 0.261 e. The molecule has 0 aromatic carbocycles. The first-order valence-corrected chi connectivity index (χ1v) is 12.2. The van der Waals surface area contributed by atoms with Gasteiger partial charge in [-0.1, -0.05) is 38.2 Å². The zero-order chi connectivity index (χ0) is 21.7. The number of nitrogens with zero attached hydrogens (tertiary/aromatic N) is 2. The SMILES string of the molecule is CC1CC[C@@H](NC(=O)[C@@H](N)CC2CCCCC2)C(=O)CN1S(=O)(=O)c1ccccn1. The second-order valence-corrected chi connectivity index (χ2v) is 10.4. The number of sulfonamides is 1. The third-order valence-electron chi connectivity index (χ3n) is 6.24. The van der Waals surface area contributed by atoms with Crippen LogP contribution in [-0.4, -0.2) is 54.1 Å². The molecule has 30 heavy (non-hydrogen) atoms. The predicted molar refractivity (Wildman–Crippen MR) is 113 cm³/mol. The van der Waals surface area contributed by atoms with Gasteiger partial charge in [0.25, 0.3) is 10.0 Å². The topological polar surface area (TPSA) is 122 Å². The molecule has 3 rings (SSSR count). The van der Waals surface area contributed by atoms with Gasteiger partial charge in [-0.05, 0) is 44.2 Å². The first-order valence-electron chi connectivity index (χ1n) is 10.8. The lowest BCUT2D eigenvalue weighted by molar-refractivity contribution is -0.128. The minimum Gasteiger partial charge on any atom is -0.345 e. The van der Waals surface area contributed by atoms with Crippen molar-refractivity contribution in [2.24, 2.45) is 11.7 Å². The first kappa shape index (κ1) is 22.8. The van der Waals surface area contributed by atoms with E-state index >= 15 is 0 Å². The lowest BCUT2D eigenvalue weighted by atomic mass is 9.85. The number of amides is 1. The van der Waals surface area contributed by atoms with Crippen LogP contribution in [0.2, 0.25) is 0 Å². The maximum absolute atomic E-state index is 13.0. The normalized spacial score (nSPS) is 25.5. The van der Waals surface area contributed by atoms with Gasteiger partial charge in [-0.2, -0.15) is 4.31 Å². The fourth-order valence-corrected chi connectivity index (χ4v) is 5.96. The number of hydrogen-bond acceptors (Lipinski definition) is 6. The summed E-state index contributed by atoms with van der Waals surface area (Å²) in [5.74, 6) is -0.187. The molecule has 8 nitrogen and oxygen atoms in total. The van der Waals surface area contributed by atoms with E-state index in [1.807, 2.05) is 0 Å². The summed E-state index contributed by atoms with van der Waals surface area (Å²) in [5, 5.41) is 2.70. The van der Waals surface area contributed by atoms with E-state index in [1.165, 1.54) is 35.8 Å². The lowest BCUT2D eigenvalue weighted by Crippen LogP contribution is -2.50. The summed E-state index contributed by atoms with van der Waals surface area (Å²) in [6, 6.07) is 2.91. The molecule has 166 valence electrons. The van der Waals surface area contributed by atoms with E-state index in [0.717, 1.165) is 12.8 Å². The van der Waals surface area contributed by atoms with Crippen LogP contribution in [0.15, 0.2) is 29.4 Å². The Balaban J connectivity index is 1.63. The van der Waals surface area contributed by atoms with Crippen LogP contribution in [-0.2, 0) is 19.6 Å². The highest BCUT2D eigenvalue weighted by atomic mass is 32.2. The van der Waals surface area contributed by atoms with E-state index in [-0.39, 0.29) is 29.3 Å². The van der Waals surface area contributed by atoms with Crippen LogP contribution in [0, 0.1) is 5.92 Å². The number of carbonyl (C=O) groups excluding carboxylic acids is 2. The molecule has 2 heterocycles. The quantitative estimate of drug-likeness (QED) is 0.698. The van der Waals surface area contributed by atoms with Crippen LogP contribution in [0.1, 0.15) is 58.3 Å². The van der Waals surface area contributed by atoms with Gasteiger partial charge >= 0.3 is 0 Å². The Morgan fingerprint density at radius 3 is 2.63 bits per heavy atom. The number of hydrogen-bond donors (Lipinski definition) is 2. The number of pyridine rings is 1. The van der Waals surface area contributed by atoms with Crippen LogP contribution < -0.4 is 11.1 Å². The molecule has 1 unspecified atom stereocenters. The second kappa shape index (κ2) is 9.98. The van der Waals surface area contributed by atoms with Gasteiger partial charge < -0.3 is 11.1 Å². The number of rotatable bonds is 6. The molecule has 2 aliphatic rings. The summed E-state index contributed by atoms with van der Waals surface area (Å²) in [7, 11) is -3.89. The van der Waals surface area contributed by atoms with E-state index in [0.29, 0.717) is 25.2 Å². The maximum atomic E-state index is 13.0. The van der Waals surface area contributed by atoms with Crippen molar-refractivity contribution in [2.45, 2.75) is 81.4 Å². The number of nitrogens with two attached hydrogens (primary N) is 1. The van der Waals surface area contributed by atoms with Gasteiger partial charge in [0.15, 0.2) is 10.8 Å². The smallest absolute Gasteiger partial charge is 0.261 e. The number of carbonyl (C=O) groups is 2. The zero-order valence-corrected chi connectivity index (χ0v) is 18.3. The molecule has 0 spiro atoms. The fraction of sp³-hybridized carbons (Fsp3) is 0.667. The largest absolute Gasteiger partial charge is 0.345 e. The Labute approximate surface area is 178 Å². The summed E-state index contributed by atoms with van der Waals surface area (Å²) in [6.07, 6.45) is 8.68. The molecule has 3 atom stereocenters. The van der Waals surface area contributed by atoms with E-state index in [4.69, 9.17) is 5.73 Å². The van der Waals surface area contributed by atoms with Crippen molar-refractivity contribution < 1.29 is 18.0 Å². The first-order chi connectivity index (χ1) is 14.3. The predicted octanol–water partition coefficient (Wildman–Crippen LogP) is 1.61. The third-order valence-corrected chi connectivity index (χ3v) is 8.12. The van der Waals surface area contributed by atoms with Gasteiger partial charge in [0, 0.05) is 12.2 Å². The van der Waals surface area contributed by atoms with Crippen molar-refractivity contribution in [1.82, 2.24) is 14.6 Å². The molecule has 1 saturated heterocycles. The zero-order valence-electron chi connectivity index (χ0n) is 17.5. The minimum atomic E-state index is -3.89. The molecule has 1 amide bonds. The standard InChI is InChI=1S/C21H32N4O4S/c1-15-10-11-18(24-21(27)17(22)13-16-7-3-2-4-8-16)19(26)14-25(15)30(28,29)20-9-5-6-12-23-20/h5-6,9,12,15-18H,2-4,7-8,10-11,13-14,22H2,1H3,(H,24,27)/t15?,17-,18+/m0/s1. The van der Waals surface area contributed by atoms with Crippen molar-refractivity contribution in [3.8, 4) is 0 Å². The summed E-state index contributed by atoms with van der Waals surface area (Å²) < 4.78 is 27.1. The summed E-state index contributed by atoms with van der Waals surface area (Å²) >= 11 is 0. The number of ketones is 1. The molecule has 1 saturated carbocycles. The van der Waals surface area contributed by atoms with Crippen molar-refractivity contribution in [3.05, 3.63) is 24.4 Å². The van der Waals surface area contributed by atoms with Gasteiger partial charge in [0.1, 0.15) is 0 Å². The molecular formula is C21H32N4O4S. The average molecular weight is 437 g/mol. The second-order valence-electron chi connectivity index (χ2n) is 8.52. The molecule has 1 aromatic heterocycles. The number of nitrogens with one attached hydrogen (secondary N) is 1. The van der Waals surface area contributed by atoms with Crippen molar-refractivity contribution in [1.29, 1.82) is 0 Å². The van der Waals surface area contributed by atoms with Crippen LogP contribution in [0.5, 0.6) is 0 Å². The van der Waals surface area contributed by atoms with Crippen LogP contribution >= 0.6 is 0 Å². The number of aromatic nitrogens is 1. The average Bonchev–Trinajstić information content (AvgIpc) is 2.89. The highest BCUT2D eigenvalue weighted by molar-refractivity contribution is 7.89. The highest BCUT2D eigenvalue weighted by Gasteiger charge is 2.37. The van der Waals surface area contributed by atoms with Crippen molar-refractivity contribution in [2.75, 3.05) is 6.54 Å². The van der Waals surface area contributed by atoms with Gasteiger partial charge in [0.2, 0.25) is 5.91 Å². The monoisotopic (exact) mass is 436 g/mol. The Morgan fingerprint density at radius 2 is 1.97 bits per heavy atom. The van der Waals surface area contributed by atoms with Crippen LogP contribution in [0.3, 0.4) is 0 Å². The molecule has 3 N–H and O–H groups in total. The number of Topliss-reactive ketones (excluding diaryl/α,β-unsaturated/α-hetero) is 1. The fourth-order valence-electron chi connectivity index (χ4n) is 4.39. The van der Waals surface area contributed by atoms with Gasteiger partial charge in [0.05, 0.1) is 18.6 Å². The Hall–Kier alpha value is -1.84. The third kappa shape index (κ3) is 5.44. The van der Waals surface area contributed by atoms with E-state index < -0.39 is 22.1 Å². The van der Waals surface area contributed by atoms with Crippen molar-refractivity contribution >= 4 is 21.7 Å². The molecule has 2 fully saturated rings. The van der Waals surface area contributed by atoms with Gasteiger partial charge in [-0.3, -0.25) is 9.59 Å². The van der Waals surface area contributed by atoms with Gasteiger partial charge in [-0.25, -0.2) is 13.4 Å². The minimum absolute atomic E-state index is 0.0818. The summed E-state index contributed by atoms with van der Waals surface area (Å²) in [6.45, 7) is 1.48. The Bertz CT molecular complexity index is 840. The van der Waals surface area contributed by atoms with E-state index in [1.54, 1.807) is 19.1 Å². The van der Waals surface area contributed by atoms with E-state index in [9.17, 15) is 18.0 Å². The Kier molecular flexibility index (Phi) is 7.60. The molecule has 1 aromatic rings. The highest BCUT2D eigenvalue weighted by Crippen LogP contribution is 2.27. The van der Waals surface area contributed by atoms with Crippen molar-refractivity contribution in [3.63, 3.8) is 0 Å². The molecule has 0 bridgehead atoms. The molecule has 9 heteroatoms. The molecule has 1 aliphatic carbocycles. The summed E-state index contributed by atoms with van der Waals surface area (Å²) in [5.41, 5.74) is 6.11. The lowest BCUT2D eigenvalue weighted by Gasteiger charge is -2.25. The molecule has 1 aliphatic heterocycles. The van der Waals surface area contributed by atoms with Crippen LogP contribution in [0.25, 0.3) is 0 Å². The van der Waals surface area contributed by atoms with Crippen LogP contribution in [0.4, 0.5) is 0 Å².